The molecule has 0 unspecified atom stereocenters. The molecule has 2 N–H and O–H groups in total. The number of aliphatic hydroxyl groups is 2. The lowest BCUT2D eigenvalue weighted by molar-refractivity contribution is -0.0312. The van der Waals surface area contributed by atoms with Crippen molar-refractivity contribution in [2.24, 2.45) is 5.92 Å². The zero-order chi connectivity index (χ0) is 10.3. The highest BCUT2D eigenvalue weighted by Gasteiger charge is 2.20. The first-order valence-electron chi connectivity index (χ1n) is 4.46. The van der Waals surface area contributed by atoms with Gasteiger partial charge in [0.2, 0.25) is 0 Å². The lowest BCUT2D eigenvalue weighted by Gasteiger charge is -2.24. The van der Waals surface area contributed by atoms with Gasteiger partial charge in [0.1, 0.15) is 0 Å². The molecule has 0 spiro atoms. The van der Waals surface area contributed by atoms with Crippen molar-refractivity contribution in [3.05, 3.63) is 0 Å². The van der Waals surface area contributed by atoms with E-state index in [0.29, 0.717) is 6.42 Å². The molecule has 0 radical (unpaired) electrons. The largest absolute Gasteiger partial charge is 0.396 e. The Morgan fingerprint density at radius 2 is 1.69 bits per heavy atom. The van der Waals surface area contributed by atoms with Crippen LogP contribution in [0.5, 0.6) is 0 Å². The normalized spacial score (nSPS) is 18.2. The minimum absolute atomic E-state index is 0.0193. The van der Waals surface area contributed by atoms with E-state index in [1.165, 1.54) is 0 Å². The predicted octanol–water partition coefficient (Wildman–Crippen LogP) is 0.0272. The highest BCUT2D eigenvalue weighted by Crippen LogP contribution is 2.13. The van der Waals surface area contributed by atoms with Crippen molar-refractivity contribution >= 4 is 0 Å². The van der Waals surface area contributed by atoms with Gasteiger partial charge in [0.15, 0.2) is 0 Å². The summed E-state index contributed by atoms with van der Waals surface area (Å²) in [6.45, 7) is 1.97. The van der Waals surface area contributed by atoms with Crippen LogP contribution in [-0.4, -0.2) is 49.9 Å². The predicted molar refractivity (Wildman–Crippen MR) is 49.5 cm³/mol. The highest BCUT2D eigenvalue weighted by molar-refractivity contribution is 4.70. The molecular formula is C9H20O4. The zero-order valence-electron chi connectivity index (χ0n) is 8.56. The van der Waals surface area contributed by atoms with E-state index < -0.39 is 0 Å². The standard InChI is InChI=1S/C9H20O4/c1-7(5-10)9(13-3)4-8(6-11)12-2/h7-11H,4-6H2,1-3H3/t7-,8+,9-/m1/s1. The van der Waals surface area contributed by atoms with Gasteiger partial charge in [0.25, 0.3) is 0 Å². The Labute approximate surface area is 79.5 Å². The third-order valence-corrected chi connectivity index (χ3v) is 2.26. The van der Waals surface area contributed by atoms with Gasteiger partial charge < -0.3 is 19.7 Å². The molecule has 0 fully saturated rings. The molecule has 0 amide bonds. The Morgan fingerprint density at radius 3 is 2.00 bits per heavy atom. The summed E-state index contributed by atoms with van der Waals surface area (Å²) in [5, 5.41) is 17.8. The van der Waals surface area contributed by atoms with Crippen LogP contribution in [0.25, 0.3) is 0 Å². The first kappa shape index (κ1) is 12.8. The first-order chi connectivity index (χ1) is 6.19. The maximum atomic E-state index is 8.91. The van der Waals surface area contributed by atoms with Crippen LogP contribution in [0.4, 0.5) is 0 Å². The summed E-state index contributed by atoms with van der Waals surface area (Å²) in [7, 11) is 3.15. The van der Waals surface area contributed by atoms with Gasteiger partial charge in [0.05, 0.1) is 18.8 Å². The lowest BCUT2D eigenvalue weighted by Crippen LogP contribution is -2.30. The molecule has 0 rings (SSSR count). The van der Waals surface area contributed by atoms with Crippen molar-refractivity contribution in [1.82, 2.24) is 0 Å². The first-order valence-corrected chi connectivity index (χ1v) is 4.46. The van der Waals surface area contributed by atoms with Gasteiger partial charge in [-0.05, 0) is 0 Å². The molecule has 13 heavy (non-hydrogen) atoms. The summed E-state index contributed by atoms with van der Waals surface area (Å²) in [5.41, 5.74) is 0. The summed E-state index contributed by atoms with van der Waals surface area (Å²) in [4.78, 5) is 0. The van der Waals surface area contributed by atoms with Crippen LogP contribution in [0.3, 0.4) is 0 Å². The van der Waals surface area contributed by atoms with E-state index in [1.807, 2.05) is 6.92 Å². The van der Waals surface area contributed by atoms with Crippen molar-refractivity contribution < 1.29 is 19.7 Å². The molecule has 3 atom stereocenters. The molecule has 0 aromatic heterocycles. The van der Waals surface area contributed by atoms with Gasteiger partial charge in [-0.15, -0.1) is 0 Å². The van der Waals surface area contributed by atoms with E-state index in [-0.39, 0.29) is 31.3 Å². The Kier molecular flexibility index (Phi) is 7.17. The van der Waals surface area contributed by atoms with E-state index in [4.69, 9.17) is 19.7 Å². The third-order valence-electron chi connectivity index (χ3n) is 2.26. The molecule has 4 heteroatoms. The molecule has 0 heterocycles. The van der Waals surface area contributed by atoms with Gasteiger partial charge in [-0.2, -0.15) is 0 Å². The van der Waals surface area contributed by atoms with Crippen LogP contribution in [0.15, 0.2) is 0 Å². The zero-order valence-corrected chi connectivity index (χ0v) is 8.56. The van der Waals surface area contributed by atoms with Crippen molar-refractivity contribution in [3.8, 4) is 0 Å². The van der Waals surface area contributed by atoms with E-state index >= 15 is 0 Å². The third kappa shape index (κ3) is 4.57. The van der Waals surface area contributed by atoms with E-state index in [0.717, 1.165) is 0 Å². The quantitative estimate of drug-likeness (QED) is 0.597. The summed E-state index contributed by atoms with van der Waals surface area (Å²) >= 11 is 0. The minimum atomic E-state index is -0.209. The fraction of sp³-hybridized carbons (Fsp3) is 1.00. The monoisotopic (exact) mass is 192 g/mol. The second-order valence-electron chi connectivity index (χ2n) is 3.21. The van der Waals surface area contributed by atoms with Crippen LogP contribution in [0, 0.1) is 5.92 Å². The Bertz CT molecular complexity index is 114. The molecule has 0 aliphatic rings. The second kappa shape index (κ2) is 7.26. The smallest absolute Gasteiger partial charge is 0.0826 e. The van der Waals surface area contributed by atoms with Crippen molar-refractivity contribution in [3.63, 3.8) is 0 Å². The fourth-order valence-corrected chi connectivity index (χ4v) is 1.18. The molecule has 80 valence electrons. The number of rotatable bonds is 7. The number of methoxy groups -OCH3 is 2. The maximum Gasteiger partial charge on any atom is 0.0826 e. The summed E-state index contributed by atoms with van der Waals surface area (Å²) in [6.07, 6.45) is 0.326. The second-order valence-corrected chi connectivity index (χ2v) is 3.21. The average molecular weight is 192 g/mol. The van der Waals surface area contributed by atoms with Crippen LogP contribution in [0.2, 0.25) is 0 Å². The number of ether oxygens (including phenoxy) is 2. The molecule has 0 saturated heterocycles. The molecule has 0 aliphatic heterocycles. The van der Waals surface area contributed by atoms with E-state index in [1.54, 1.807) is 14.2 Å². The van der Waals surface area contributed by atoms with Gasteiger partial charge in [-0.3, -0.25) is 0 Å². The molecule has 0 saturated carbocycles. The molecule has 0 bridgehead atoms. The van der Waals surface area contributed by atoms with Gasteiger partial charge in [-0.1, -0.05) is 6.92 Å². The van der Waals surface area contributed by atoms with E-state index in [2.05, 4.69) is 0 Å². The van der Waals surface area contributed by atoms with Crippen molar-refractivity contribution in [2.75, 3.05) is 27.4 Å². The lowest BCUT2D eigenvalue weighted by atomic mass is 10.00. The molecule has 0 aliphatic carbocycles. The van der Waals surface area contributed by atoms with Gasteiger partial charge >= 0.3 is 0 Å². The van der Waals surface area contributed by atoms with Crippen molar-refractivity contribution in [2.45, 2.75) is 25.6 Å². The van der Waals surface area contributed by atoms with Crippen LogP contribution in [0.1, 0.15) is 13.3 Å². The van der Waals surface area contributed by atoms with E-state index in [9.17, 15) is 0 Å². The molecular weight excluding hydrogens is 172 g/mol. The summed E-state index contributed by atoms with van der Waals surface area (Å²) in [6, 6.07) is 0. The number of hydrogen-bond donors (Lipinski definition) is 2. The van der Waals surface area contributed by atoms with Crippen LogP contribution >= 0.6 is 0 Å². The summed E-state index contributed by atoms with van der Waals surface area (Å²) in [5.74, 6) is 0.0641. The highest BCUT2D eigenvalue weighted by atomic mass is 16.5. The SMILES string of the molecule is CO[C@H](CO)C[C@@H](OC)[C@H](C)CO. The Balaban J connectivity index is 3.94. The molecule has 0 aromatic rings. The molecule has 4 nitrogen and oxygen atoms in total. The van der Waals surface area contributed by atoms with Crippen LogP contribution < -0.4 is 0 Å². The van der Waals surface area contributed by atoms with Gasteiger partial charge in [-0.25, -0.2) is 0 Å². The topological polar surface area (TPSA) is 58.9 Å². The van der Waals surface area contributed by atoms with Crippen LogP contribution in [-0.2, 0) is 9.47 Å². The minimum Gasteiger partial charge on any atom is -0.396 e. The molecule has 0 aromatic carbocycles. The average Bonchev–Trinajstić information content (AvgIpc) is 2.19. The number of hydrogen-bond acceptors (Lipinski definition) is 4. The number of aliphatic hydroxyl groups excluding tert-OH is 2. The fourth-order valence-electron chi connectivity index (χ4n) is 1.18. The summed E-state index contributed by atoms with van der Waals surface area (Å²) < 4.78 is 10.2. The van der Waals surface area contributed by atoms with Crippen molar-refractivity contribution in [1.29, 1.82) is 0 Å². The van der Waals surface area contributed by atoms with Gasteiger partial charge in [0, 0.05) is 33.2 Å². The Hall–Kier alpha value is -0.160. The Morgan fingerprint density at radius 1 is 1.08 bits per heavy atom. The maximum absolute atomic E-state index is 8.91.